The fraction of sp³-hybridized carbons (Fsp3) is 0.550. The SMILES string of the molecule is CCCC1=CCC(c2cc(N)ccc2C)(N2CCCCC2)C=N1. The Labute approximate surface area is 140 Å². The summed E-state index contributed by atoms with van der Waals surface area (Å²) in [6, 6.07) is 6.31. The molecule has 0 radical (unpaired) electrons. The van der Waals surface area contributed by atoms with Crippen molar-refractivity contribution in [3.8, 4) is 0 Å². The maximum atomic E-state index is 6.12. The van der Waals surface area contributed by atoms with E-state index < -0.39 is 0 Å². The fourth-order valence-electron chi connectivity index (χ4n) is 3.95. The van der Waals surface area contributed by atoms with Crippen molar-refractivity contribution in [2.24, 2.45) is 4.99 Å². The van der Waals surface area contributed by atoms with E-state index in [1.54, 1.807) is 0 Å². The number of piperidine rings is 1. The minimum atomic E-state index is -0.114. The molecule has 1 aromatic carbocycles. The third-order valence-corrected chi connectivity index (χ3v) is 5.25. The molecule has 2 heterocycles. The third-order valence-electron chi connectivity index (χ3n) is 5.25. The van der Waals surface area contributed by atoms with Gasteiger partial charge in [-0.15, -0.1) is 0 Å². The van der Waals surface area contributed by atoms with Crippen LogP contribution in [0.3, 0.4) is 0 Å². The Morgan fingerprint density at radius 1 is 1.22 bits per heavy atom. The number of nitrogens with two attached hydrogens (primary N) is 1. The molecule has 0 saturated carbocycles. The quantitative estimate of drug-likeness (QED) is 0.836. The second-order valence-corrected chi connectivity index (χ2v) is 6.95. The average molecular weight is 311 g/mol. The van der Waals surface area contributed by atoms with E-state index in [0.717, 1.165) is 38.0 Å². The van der Waals surface area contributed by atoms with Crippen LogP contribution >= 0.6 is 0 Å². The first-order valence-electron chi connectivity index (χ1n) is 9.01. The van der Waals surface area contributed by atoms with Gasteiger partial charge < -0.3 is 5.73 Å². The summed E-state index contributed by atoms with van der Waals surface area (Å²) in [4.78, 5) is 7.47. The number of benzene rings is 1. The summed E-state index contributed by atoms with van der Waals surface area (Å²) < 4.78 is 0. The molecule has 3 heteroatoms. The summed E-state index contributed by atoms with van der Waals surface area (Å²) in [6.07, 6.45) is 11.7. The number of nitrogens with zero attached hydrogens (tertiary/aromatic N) is 2. The van der Waals surface area contributed by atoms with E-state index in [0.29, 0.717) is 0 Å². The Morgan fingerprint density at radius 2 is 2.00 bits per heavy atom. The smallest absolute Gasteiger partial charge is 0.0857 e. The summed E-state index contributed by atoms with van der Waals surface area (Å²) in [5.41, 5.74) is 10.7. The number of allylic oxidation sites excluding steroid dienone is 1. The van der Waals surface area contributed by atoms with Crippen molar-refractivity contribution in [2.75, 3.05) is 18.8 Å². The number of nitrogen functional groups attached to an aromatic ring is 1. The molecule has 124 valence electrons. The Hall–Kier alpha value is -1.61. The van der Waals surface area contributed by atoms with Crippen molar-refractivity contribution in [3.05, 3.63) is 41.1 Å². The second kappa shape index (κ2) is 6.88. The van der Waals surface area contributed by atoms with Gasteiger partial charge in [-0.05, 0) is 69.0 Å². The predicted molar refractivity (Wildman–Crippen MR) is 98.8 cm³/mol. The van der Waals surface area contributed by atoms with E-state index in [4.69, 9.17) is 10.7 Å². The molecule has 1 saturated heterocycles. The number of rotatable bonds is 4. The molecule has 0 aromatic heterocycles. The van der Waals surface area contributed by atoms with Gasteiger partial charge in [0.2, 0.25) is 0 Å². The zero-order valence-electron chi connectivity index (χ0n) is 14.5. The summed E-state index contributed by atoms with van der Waals surface area (Å²) in [5.74, 6) is 0. The van der Waals surface area contributed by atoms with Gasteiger partial charge in [-0.1, -0.05) is 31.9 Å². The van der Waals surface area contributed by atoms with Crippen LogP contribution in [-0.2, 0) is 5.54 Å². The molecule has 1 unspecified atom stereocenters. The van der Waals surface area contributed by atoms with Crippen LogP contribution < -0.4 is 5.73 Å². The number of likely N-dealkylation sites (tertiary alicyclic amines) is 1. The summed E-state index contributed by atoms with van der Waals surface area (Å²) in [6.45, 7) is 6.71. The first-order valence-corrected chi connectivity index (χ1v) is 9.01. The molecular weight excluding hydrogens is 282 g/mol. The van der Waals surface area contributed by atoms with Gasteiger partial charge >= 0.3 is 0 Å². The molecule has 0 bridgehead atoms. The van der Waals surface area contributed by atoms with Crippen LogP contribution in [-0.4, -0.2) is 24.2 Å². The van der Waals surface area contributed by atoms with Crippen LogP contribution in [0.15, 0.2) is 35.0 Å². The molecule has 1 aromatic rings. The molecule has 0 amide bonds. The van der Waals surface area contributed by atoms with Gasteiger partial charge in [-0.3, -0.25) is 9.89 Å². The number of hydrogen-bond donors (Lipinski definition) is 1. The molecule has 23 heavy (non-hydrogen) atoms. The lowest BCUT2D eigenvalue weighted by atomic mass is 9.80. The molecule has 1 fully saturated rings. The van der Waals surface area contributed by atoms with Crippen LogP contribution in [0.5, 0.6) is 0 Å². The van der Waals surface area contributed by atoms with Gasteiger partial charge in [0, 0.05) is 17.6 Å². The minimum absolute atomic E-state index is 0.114. The van der Waals surface area contributed by atoms with Gasteiger partial charge in [0.05, 0.1) is 5.54 Å². The van der Waals surface area contributed by atoms with Crippen LogP contribution in [0.1, 0.15) is 56.6 Å². The standard InChI is InChI=1S/C20H29N3/c1-3-7-18-10-11-20(15-22-18,23-12-5-4-6-13-23)19-14-17(21)9-8-16(19)2/h8-10,14-15H,3-7,11-13,21H2,1-2H3. The van der Waals surface area contributed by atoms with E-state index in [1.165, 1.54) is 36.1 Å². The van der Waals surface area contributed by atoms with Crippen LogP contribution in [0.2, 0.25) is 0 Å². The highest BCUT2D eigenvalue weighted by molar-refractivity contribution is 5.77. The molecular formula is C20H29N3. The monoisotopic (exact) mass is 311 g/mol. The van der Waals surface area contributed by atoms with Gasteiger partial charge in [0.15, 0.2) is 0 Å². The molecule has 0 spiro atoms. The molecule has 2 aliphatic heterocycles. The Balaban J connectivity index is 2.01. The highest BCUT2D eigenvalue weighted by atomic mass is 15.2. The van der Waals surface area contributed by atoms with Gasteiger partial charge in [0.1, 0.15) is 0 Å². The predicted octanol–water partition coefficient (Wildman–Crippen LogP) is 4.42. The molecule has 1 atom stereocenters. The van der Waals surface area contributed by atoms with E-state index in [9.17, 15) is 0 Å². The largest absolute Gasteiger partial charge is 0.399 e. The lowest BCUT2D eigenvalue weighted by Crippen LogP contribution is -2.50. The molecule has 2 aliphatic rings. The Kier molecular flexibility index (Phi) is 4.86. The number of aryl methyl sites for hydroxylation is 1. The summed E-state index contributed by atoms with van der Waals surface area (Å²) in [5, 5.41) is 0. The lowest BCUT2D eigenvalue weighted by molar-refractivity contribution is 0.122. The maximum absolute atomic E-state index is 6.12. The van der Waals surface area contributed by atoms with Crippen molar-refractivity contribution in [3.63, 3.8) is 0 Å². The van der Waals surface area contributed by atoms with Gasteiger partial charge in [0.25, 0.3) is 0 Å². The topological polar surface area (TPSA) is 41.6 Å². The third kappa shape index (κ3) is 3.20. The van der Waals surface area contributed by atoms with Gasteiger partial charge in [-0.2, -0.15) is 0 Å². The number of hydrogen-bond acceptors (Lipinski definition) is 3. The number of anilines is 1. The molecule has 3 nitrogen and oxygen atoms in total. The Bertz CT molecular complexity index is 611. The van der Waals surface area contributed by atoms with Crippen LogP contribution in [0.25, 0.3) is 0 Å². The van der Waals surface area contributed by atoms with Gasteiger partial charge in [-0.25, -0.2) is 0 Å². The van der Waals surface area contributed by atoms with Crippen LogP contribution in [0.4, 0.5) is 5.69 Å². The first kappa shape index (κ1) is 16.3. The average Bonchev–Trinajstić information content (AvgIpc) is 2.59. The highest BCUT2D eigenvalue weighted by Crippen LogP contribution is 2.39. The molecule has 2 N–H and O–H groups in total. The van der Waals surface area contributed by atoms with Crippen molar-refractivity contribution >= 4 is 11.9 Å². The van der Waals surface area contributed by atoms with E-state index in [1.807, 2.05) is 6.07 Å². The second-order valence-electron chi connectivity index (χ2n) is 6.95. The Morgan fingerprint density at radius 3 is 2.65 bits per heavy atom. The minimum Gasteiger partial charge on any atom is -0.399 e. The van der Waals surface area contributed by atoms with Crippen molar-refractivity contribution in [1.29, 1.82) is 0 Å². The van der Waals surface area contributed by atoms with E-state index >= 15 is 0 Å². The van der Waals surface area contributed by atoms with E-state index in [2.05, 4.69) is 43.2 Å². The zero-order chi connectivity index (χ0) is 16.3. The normalized spacial score (nSPS) is 25.4. The van der Waals surface area contributed by atoms with Crippen LogP contribution in [0, 0.1) is 6.92 Å². The summed E-state index contributed by atoms with van der Waals surface area (Å²) in [7, 11) is 0. The van der Waals surface area contributed by atoms with E-state index in [-0.39, 0.29) is 5.54 Å². The molecule has 3 rings (SSSR count). The zero-order valence-corrected chi connectivity index (χ0v) is 14.5. The summed E-state index contributed by atoms with van der Waals surface area (Å²) >= 11 is 0. The van der Waals surface area contributed by atoms with Crippen molar-refractivity contribution < 1.29 is 0 Å². The maximum Gasteiger partial charge on any atom is 0.0857 e. The lowest BCUT2D eigenvalue weighted by Gasteiger charge is -2.45. The number of aliphatic imine (C=N–C) groups is 1. The fourth-order valence-corrected chi connectivity index (χ4v) is 3.95. The first-order chi connectivity index (χ1) is 11.2. The molecule has 0 aliphatic carbocycles. The van der Waals surface area contributed by atoms with Crippen molar-refractivity contribution in [2.45, 2.75) is 57.9 Å². The highest BCUT2D eigenvalue weighted by Gasteiger charge is 2.39. The van der Waals surface area contributed by atoms with Crippen molar-refractivity contribution in [1.82, 2.24) is 4.90 Å².